The normalized spacial score (nSPS) is 15.0. The summed E-state index contributed by atoms with van der Waals surface area (Å²) in [6, 6.07) is 0. The second-order valence-electron chi connectivity index (χ2n) is 23.4. The highest BCUT2D eigenvalue weighted by Crippen LogP contribution is 2.45. The van der Waals surface area contributed by atoms with E-state index in [1.807, 2.05) is 18.2 Å². The van der Waals surface area contributed by atoms with Crippen LogP contribution in [0.4, 0.5) is 0 Å². The van der Waals surface area contributed by atoms with Crippen molar-refractivity contribution in [3.05, 3.63) is 170 Å². The Morgan fingerprint density at radius 3 is 0.929 bits per heavy atom. The largest absolute Gasteiger partial charge is 0.472 e. The van der Waals surface area contributed by atoms with Crippen LogP contribution in [0.15, 0.2) is 170 Å². The van der Waals surface area contributed by atoms with Gasteiger partial charge in [0.2, 0.25) is 0 Å². The number of ether oxygens (including phenoxy) is 4. The lowest BCUT2D eigenvalue weighted by atomic mass is 10.1. The predicted molar refractivity (Wildman–Crippen MR) is 399 cm³/mol. The van der Waals surface area contributed by atoms with Gasteiger partial charge < -0.3 is 33.8 Å². The first-order valence-electron chi connectivity index (χ1n) is 36.4. The fourth-order valence-electron chi connectivity index (χ4n) is 8.75. The van der Waals surface area contributed by atoms with E-state index >= 15 is 0 Å². The molecule has 3 N–H and O–H groups in total. The van der Waals surface area contributed by atoms with Crippen LogP contribution in [0.1, 0.15) is 246 Å². The summed E-state index contributed by atoms with van der Waals surface area (Å²) in [5.74, 6) is -2.43. The SMILES string of the molecule is CC/C=C\C/C=C\C/C=C\C/C=C\C/C=C\CC(=O)OCC(COP(=O)(O)OCC(O)COP(=O)(O)OCC(COC(=O)CCCC/C=C\C/C=C\C/C=C\C/C=C\CC)OC(=O)CCCCCCC/C=C\C/C=C\CCC)OC(=O)CCCCCCC/C=C\C/C=C\C/C=C\CC. The molecule has 0 radical (unpaired) electrons. The maximum absolute atomic E-state index is 13.1. The average Bonchev–Trinajstić information content (AvgIpc) is 1.04. The number of esters is 4. The van der Waals surface area contributed by atoms with Crippen LogP contribution in [0.25, 0.3) is 0 Å². The van der Waals surface area contributed by atoms with Crippen LogP contribution in [0.5, 0.6) is 0 Å². The van der Waals surface area contributed by atoms with Crippen molar-refractivity contribution in [1.29, 1.82) is 0 Å². The molecule has 0 spiro atoms. The number of allylic oxidation sites excluding steroid dienone is 27. The van der Waals surface area contributed by atoms with E-state index in [0.29, 0.717) is 25.7 Å². The Kier molecular flexibility index (Phi) is 65.9. The number of phosphoric acid groups is 2. The molecular formula is C79H126O17P2. The number of hydrogen-bond donors (Lipinski definition) is 3. The molecule has 5 unspecified atom stereocenters. The first kappa shape index (κ1) is 92.4. The lowest BCUT2D eigenvalue weighted by Crippen LogP contribution is -2.30. The Hall–Kier alpha value is -5.58. The molecule has 98 heavy (non-hydrogen) atoms. The summed E-state index contributed by atoms with van der Waals surface area (Å²) in [6.07, 6.45) is 81.1. The number of aliphatic hydroxyl groups is 1. The number of hydrogen-bond acceptors (Lipinski definition) is 15. The highest BCUT2D eigenvalue weighted by atomic mass is 31.2. The molecule has 0 heterocycles. The topological polar surface area (TPSA) is 237 Å². The summed E-state index contributed by atoms with van der Waals surface area (Å²) in [5.41, 5.74) is 0. The van der Waals surface area contributed by atoms with Gasteiger partial charge in [-0.05, 0) is 148 Å². The molecule has 0 aromatic rings. The maximum Gasteiger partial charge on any atom is 0.472 e. The molecule has 0 bridgehead atoms. The van der Waals surface area contributed by atoms with Crippen LogP contribution in [-0.4, -0.2) is 96.7 Å². The van der Waals surface area contributed by atoms with Gasteiger partial charge in [-0.2, -0.15) is 0 Å². The van der Waals surface area contributed by atoms with E-state index < -0.39 is 97.5 Å². The molecule has 0 aliphatic carbocycles. The second-order valence-corrected chi connectivity index (χ2v) is 26.3. The van der Waals surface area contributed by atoms with Gasteiger partial charge in [0.15, 0.2) is 12.2 Å². The monoisotopic (exact) mass is 1410 g/mol. The zero-order valence-corrected chi connectivity index (χ0v) is 61.9. The summed E-state index contributed by atoms with van der Waals surface area (Å²) in [5, 5.41) is 10.6. The first-order chi connectivity index (χ1) is 47.7. The molecule has 19 heteroatoms. The molecule has 554 valence electrons. The fraction of sp³-hybridized carbons (Fsp3) is 0.595. The van der Waals surface area contributed by atoms with Crippen LogP contribution in [0.3, 0.4) is 0 Å². The molecule has 5 atom stereocenters. The van der Waals surface area contributed by atoms with Crippen molar-refractivity contribution in [2.45, 2.75) is 264 Å². The van der Waals surface area contributed by atoms with Gasteiger partial charge in [-0.1, -0.05) is 243 Å². The first-order valence-corrected chi connectivity index (χ1v) is 39.4. The van der Waals surface area contributed by atoms with Gasteiger partial charge in [0.05, 0.1) is 32.8 Å². The molecule has 0 amide bonds. The predicted octanol–water partition coefficient (Wildman–Crippen LogP) is 20.7. The van der Waals surface area contributed by atoms with E-state index in [0.717, 1.165) is 167 Å². The lowest BCUT2D eigenvalue weighted by molar-refractivity contribution is -0.161. The number of aliphatic hydroxyl groups excluding tert-OH is 1. The Bertz CT molecular complexity index is 2530. The third kappa shape index (κ3) is 68.9. The Morgan fingerprint density at radius 2 is 0.571 bits per heavy atom. The lowest BCUT2D eigenvalue weighted by Gasteiger charge is -2.21. The van der Waals surface area contributed by atoms with Crippen molar-refractivity contribution in [3.63, 3.8) is 0 Å². The van der Waals surface area contributed by atoms with Crippen LogP contribution < -0.4 is 0 Å². The van der Waals surface area contributed by atoms with Crippen molar-refractivity contribution in [1.82, 2.24) is 0 Å². The van der Waals surface area contributed by atoms with Crippen molar-refractivity contribution in [2.75, 3.05) is 39.6 Å². The second kappa shape index (κ2) is 69.9. The fourth-order valence-corrected chi connectivity index (χ4v) is 10.3. The van der Waals surface area contributed by atoms with E-state index in [4.69, 9.17) is 37.0 Å². The van der Waals surface area contributed by atoms with Gasteiger partial charge in [-0.25, -0.2) is 9.13 Å². The maximum atomic E-state index is 13.1. The smallest absolute Gasteiger partial charge is 0.462 e. The summed E-state index contributed by atoms with van der Waals surface area (Å²) < 4.78 is 68.2. The molecule has 0 aromatic carbocycles. The highest BCUT2D eigenvalue weighted by Gasteiger charge is 2.30. The van der Waals surface area contributed by atoms with Crippen molar-refractivity contribution < 1.29 is 80.2 Å². The summed E-state index contributed by atoms with van der Waals surface area (Å²) in [6.45, 7) is 4.22. The third-order valence-electron chi connectivity index (χ3n) is 14.2. The third-order valence-corrected chi connectivity index (χ3v) is 16.1. The van der Waals surface area contributed by atoms with Crippen LogP contribution in [0.2, 0.25) is 0 Å². The van der Waals surface area contributed by atoms with Gasteiger partial charge in [-0.15, -0.1) is 0 Å². The zero-order valence-electron chi connectivity index (χ0n) is 60.1. The van der Waals surface area contributed by atoms with Gasteiger partial charge in [-0.3, -0.25) is 37.3 Å². The minimum atomic E-state index is -5.01. The van der Waals surface area contributed by atoms with Gasteiger partial charge in [0.1, 0.15) is 19.3 Å². The number of rotatable bonds is 66. The Morgan fingerprint density at radius 1 is 0.306 bits per heavy atom. The molecule has 0 rings (SSSR count). The van der Waals surface area contributed by atoms with Crippen LogP contribution in [-0.2, 0) is 65.4 Å². The van der Waals surface area contributed by atoms with Gasteiger partial charge >= 0.3 is 39.5 Å². The summed E-state index contributed by atoms with van der Waals surface area (Å²) in [7, 11) is -10.0. The van der Waals surface area contributed by atoms with Crippen molar-refractivity contribution >= 4 is 39.5 Å². The summed E-state index contributed by atoms with van der Waals surface area (Å²) >= 11 is 0. The standard InChI is InChI=1S/C79H126O17P2/c1-5-9-13-17-21-25-29-33-36-40-43-47-51-55-59-63-76(81)89-69-74(95-78(83)65-61-57-53-49-45-39-32-28-24-20-16-12-8-4)71-93-97(85,86)91-67-73(80)68-92-98(87,88)94-72-75(96-79(84)66-62-58-54-50-46-42-38-35-31-27-23-19-15-11-7-3)70-90-77(82)64-60-56-52-48-44-41-37-34-30-26-22-18-14-10-6-2/h9-11,13-16,20-23,25-28,32-38,43-44,47-48,56,60,73-75,80H,5-8,12,17-19,24,29-31,39-42,45-46,49-55,57-59,61-72H2,1-4H3,(H,85,86)(H,87,88)/b13-9-,14-10-,15-11-,20-16-,25-21-,26-22-,27-23-,32-28-,36-33-,37-34-,38-35-,47-43-,48-44-,60-56-. The van der Waals surface area contributed by atoms with Crippen LogP contribution >= 0.6 is 15.6 Å². The molecule has 0 fully saturated rings. The number of carbonyl (C=O) groups is 4. The molecule has 0 aromatic heterocycles. The summed E-state index contributed by atoms with van der Waals surface area (Å²) in [4.78, 5) is 72.7. The van der Waals surface area contributed by atoms with Crippen molar-refractivity contribution in [2.24, 2.45) is 0 Å². The minimum Gasteiger partial charge on any atom is -0.462 e. The van der Waals surface area contributed by atoms with Gasteiger partial charge in [0, 0.05) is 19.3 Å². The molecule has 0 saturated heterocycles. The van der Waals surface area contributed by atoms with Crippen molar-refractivity contribution in [3.8, 4) is 0 Å². The molecule has 17 nitrogen and oxygen atoms in total. The van der Waals surface area contributed by atoms with E-state index in [1.165, 1.54) is 0 Å². The molecular weight excluding hydrogens is 1280 g/mol. The highest BCUT2D eigenvalue weighted by molar-refractivity contribution is 7.47. The van der Waals surface area contributed by atoms with Gasteiger partial charge in [0.25, 0.3) is 0 Å². The molecule has 0 saturated carbocycles. The Labute approximate surface area is 591 Å². The Balaban J connectivity index is 5.49. The average molecular weight is 1410 g/mol. The van der Waals surface area contributed by atoms with E-state index in [9.17, 15) is 43.2 Å². The number of phosphoric ester groups is 2. The quantitative estimate of drug-likeness (QED) is 0.0169. The van der Waals surface area contributed by atoms with Crippen LogP contribution in [0, 0.1) is 0 Å². The number of unbranched alkanes of at least 4 members (excludes halogenated alkanes) is 13. The van der Waals surface area contributed by atoms with E-state index in [2.05, 4.69) is 174 Å². The zero-order chi connectivity index (χ0) is 71.8. The molecule has 0 aliphatic rings. The molecule has 0 aliphatic heterocycles. The van der Waals surface area contributed by atoms with E-state index in [-0.39, 0.29) is 25.7 Å². The number of carbonyl (C=O) groups excluding carboxylic acids is 4. The van der Waals surface area contributed by atoms with E-state index in [1.54, 1.807) is 6.08 Å². The minimum absolute atomic E-state index is 0.0485.